The molecule has 0 aliphatic carbocycles. The molecule has 0 unspecified atom stereocenters. The molecule has 0 aliphatic heterocycles. The molecule has 0 nitrogen and oxygen atoms in total. The predicted molar refractivity (Wildman–Crippen MR) is 110 cm³/mol. The molecule has 0 bridgehead atoms. The number of allylic oxidation sites excluding steroid dienone is 2. The quantitative estimate of drug-likeness (QED) is 0.294. The molecule has 4 heteroatoms. The predicted octanol–water partition coefficient (Wildman–Crippen LogP) is 7.77. The average Bonchev–Trinajstić information content (AvgIpc) is 2.71. The van der Waals surface area contributed by atoms with Crippen LogP contribution in [0.1, 0.15) is 24.5 Å². The van der Waals surface area contributed by atoms with Crippen LogP contribution in [0.5, 0.6) is 0 Å². The first-order valence-electron chi connectivity index (χ1n) is 9.58. The zero-order valence-electron chi connectivity index (χ0n) is 16.1. The Bertz CT molecular complexity index is 965. The van der Waals surface area contributed by atoms with Crippen LogP contribution in [0.4, 0.5) is 17.6 Å². The number of hydrogen-bond acceptors (Lipinski definition) is 0. The van der Waals surface area contributed by atoms with Crippen molar-refractivity contribution >= 4 is 0 Å². The van der Waals surface area contributed by atoms with Gasteiger partial charge in [-0.3, -0.25) is 0 Å². The van der Waals surface area contributed by atoms with Crippen LogP contribution in [0.15, 0.2) is 78.9 Å². The summed E-state index contributed by atoms with van der Waals surface area (Å²) in [6, 6.07) is 20.5. The molecule has 3 aromatic carbocycles. The topological polar surface area (TPSA) is 0 Å². The van der Waals surface area contributed by atoms with Crippen molar-refractivity contribution in [1.29, 1.82) is 0 Å². The van der Waals surface area contributed by atoms with E-state index in [4.69, 9.17) is 0 Å². The maximum absolute atomic E-state index is 14.7. The Morgan fingerprint density at radius 2 is 1.34 bits per heavy atom. The second-order valence-corrected chi connectivity index (χ2v) is 6.92. The molecule has 3 aromatic rings. The van der Waals surface area contributed by atoms with Gasteiger partial charge in [0.15, 0.2) is 0 Å². The first-order chi connectivity index (χ1) is 13.9. The van der Waals surface area contributed by atoms with Crippen LogP contribution in [0.2, 0.25) is 0 Å². The van der Waals surface area contributed by atoms with Crippen molar-refractivity contribution in [3.8, 4) is 22.3 Å². The summed E-state index contributed by atoms with van der Waals surface area (Å²) in [6.45, 7) is 2.09. The highest BCUT2D eigenvalue weighted by Gasteiger charge is 2.21. The fourth-order valence-electron chi connectivity index (χ4n) is 3.18. The summed E-state index contributed by atoms with van der Waals surface area (Å²) in [5.41, 5.74) is 5.18. The van der Waals surface area contributed by atoms with Crippen LogP contribution in [0, 0.1) is 5.82 Å². The van der Waals surface area contributed by atoms with Gasteiger partial charge in [0.1, 0.15) is 5.82 Å². The molecular formula is C25H22F4. The average molecular weight is 398 g/mol. The molecule has 0 heterocycles. The molecule has 0 amide bonds. The minimum atomic E-state index is -4.27. The lowest BCUT2D eigenvalue weighted by Gasteiger charge is -2.09. The monoisotopic (exact) mass is 398 g/mol. The van der Waals surface area contributed by atoms with Crippen molar-refractivity contribution < 1.29 is 17.6 Å². The number of rotatable bonds is 6. The fourth-order valence-corrected chi connectivity index (χ4v) is 3.18. The Morgan fingerprint density at radius 3 is 1.93 bits per heavy atom. The number of alkyl halides is 3. The third-order valence-electron chi connectivity index (χ3n) is 4.84. The van der Waals surface area contributed by atoms with Crippen LogP contribution in [0.3, 0.4) is 0 Å². The smallest absolute Gasteiger partial charge is 0.206 e. The molecule has 0 saturated heterocycles. The van der Waals surface area contributed by atoms with E-state index in [-0.39, 0.29) is 11.9 Å². The Balaban J connectivity index is 1.71. The fraction of sp³-hybridized carbons (Fsp3) is 0.200. The second kappa shape index (κ2) is 9.08. The second-order valence-electron chi connectivity index (χ2n) is 6.92. The molecule has 0 aromatic heterocycles. The van der Waals surface area contributed by atoms with Crippen LogP contribution >= 0.6 is 0 Å². The number of benzene rings is 3. The lowest BCUT2D eigenvalue weighted by molar-refractivity contribution is -0.0800. The van der Waals surface area contributed by atoms with Gasteiger partial charge >= 0.3 is 6.18 Å². The molecule has 0 saturated carbocycles. The zero-order valence-corrected chi connectivity index (χ0v) is 16.1. The Labute approximate surface area is 168 Å². The van der Waals surface area contributed by atoms with E-state index >= 15 is 0 Å². The lowest BCUT2D eigenvalue weighted by atomic mass is 9.97. The van der Waals surface area contributed by atoms with Gasteiger partial charge in [0.2, 0.25) is 0 Å². The SMILES string of the molecule is CCc1ccc(-c2ccc(-c3ccc(CC/C=C/C(F)(F)F)cc3)c(F)c2)cc1. The van der Waals surface area contributed by atoms with E-state index in [0.717, 1.165) is 34.8 Å². The highest BCUT2D eigenvalue weighted by Crippen LogP contribution is 2.28. The summed E-state index contributed by atoms with van der Waals surface area (Å²) in [4.78, 5) is 0. The molecule has 150 valence electrons. The van der Waals surface area contributed by atoms with Gasteiger partial charge in [-0.25, -0.2) is 4.39 Å². The molecule has 0 aliphatic rings. The van der Waals surface area contributed by atoms with Crippen molar-refractivity contribution in [2.24, 2.45) is 0 Å². The molecule has 0 radical (unpaired) electrons. The Hall–Kier alpha value is -2.88. The normalized spacial score (nSPS) is 11.9. The number of halogens is 4. The van der Waals surface area contributed by atoms with E-state index < -0.39 is 6.18 Å². The van der Waals surface area contributed by atoms with Crippen LogP contribution in [-0.4, -0.2) is 6.18 Å². The van der Waals surface area contributed by atoms with E-state index in [9.17, 15) is 17.6 Å². The van der Waals surface area contributed by atoms with E-state index in [1.165, 1.54) is 11.6 Å². The first kappa shape index (κ1) is 20.8. The van der Waals surface area contributed by atoms with E-state index in [1.807, 2.05) is 42.5 Å². The summed E-state index contributed by atoms with van der Waals surface area (Å²) < 4.78 is 51.0. The molecular weight excluding hydrogens is 376 g/mol. The van der Waals surface area contributed by atoms with Crippen LogP contribution < -0.4 is 0 Å². The van der Waals surface area contributed by atoms with Crippen molar-refractivity contribution in [2.45, 2.75) is 32.4 Å². The van der Waals surface area contributed by atoms with Gasteiger partial charge in [-0.05, 0) is 53.1 Å². The summed E-state index contributed by atoms with van der Waals surface area (Å²) >= 11 is 0. The molecule has 0 atom stereocenters. The number of hydrogen-bond donors (Lipinski definition) is 0. The molecule has 29 heavy (non-hydrogen) atoms. The highest BCUT2D eigenvalue weighted by molar-refractivity contribution is 5.71. The van der Waals surface area contributed by atoms with Gasteiger partial charge in [0.05, 0.1) is 0 Å². The zero-order chi connectivity index (χ0) is 20.9. The molecule has 0 fully saturated rings. The van der Waals surface area contributed by atoms with E-state index in [0.29, 0.717) is 18.4 Å². The van der Waals surface area contributed by atoms with Gasteiger partial charge < -0.3 is 0 Å². The third kappa shape index (κ3) is 5.80. The minimum absolute atomic E-state index is 0.258. The van der Waals surface area contributed by atoms with Crippen molar-refractivity contribution in [2.75, 3.05) is 0 Å². The highest BCUT2D eigenvalue weighted by atomic mass is 19.4. The minimum Gasteiger partial charge on any atom is -0.206 e. The Morgan fingerprint density at radius 1 is 0.759 bits per heavy atom. The van der Waals surface area contributed by atoms with Gasteiger partial charge in [-0.1, -0.05) is 73.7 Å². The van der Waals surface area contributed by atoms with Crippen LogP contribution in [0.25, 0.3) is 22.3 Å². The summed E-state index contributed by atoms with van der Waals surface area (Å²) in [7, 11) is 0. The van der Waals surface area contributed by atoms with Crippen molar-refractivity contribution in [3.05, 3.63) is 95.8 Å². The van der Waals surface area contributed by atoms with Crippen molar-refractivity contribution in [1.82, 2.24) is 0 Å². The molecule has 0 N–H and O–H groups in total. The summed E-state index contributed by atoms with van der Waals surface area (Å²) in [5, 5.41) is 0. The lowest BCUT2D eigenvalue weighted by Crippen LogP contribution is -2.00. The summed E-state index contributed by atoms with van der Waals surface area (Å²) in [6.07, 6.45) is -1.12. The molecule has 3 rings (SSSR count). The number of aryl methyl sites for hydroxylation is 2. The first-order valence-corrected chi connectivity index (χ1v) is 9.58. The van der Waals surface area contributed by atoms with Crippen LogP contribution in [-0.2, 0) is 12.8 Å². The summed E-state index contributed by atoms with van der Waals surface area (Å²) in [5.74, 6) is -0.303. The van der Waals surface area contributed by atoms with Gasteiger partial charge in [-0.15, -0.1) is 0 Å². The molecule has 0 spiro atoms. The van der Waals surface area contributed by atoms with Gasteiger partial charge in [0.25, 0.3) is 0 Å². The van der Waals surface area contributed by atoms with E-state index in [1.54, 1.807) is 18.2 Å². The van der Waals surface area contributed by atoms with Gasteiger partial charge in [0, 0.05) is 11.6 Å². The van der Waals surface area contributed by atoms with E-state index in [2.05, 4.69) is 6.92 Å². The van der Waals surface area contributed by atoms with Gasteiger partial charge in [-0.2, -0.15) is 13.2 Å². The van der Waals surface area contributed by atoms with Crippen molar-refractivity contribution in [3.63, 3.8) is 0 Å². The maximum Gasteiger partial charge on any atom is 0.409 e. The third-order valence-corrected chi connectivity index (χ3v) is 4.84. The largest absolute Gasteiger partial charge is 0.409 e. The maximum atomic E-state index is 14.7. The Kier molecular flexibility index (Phi) is 6.53. The standard InChI is InChI=1S/C25H22F4/c1-2-18-6-10-20(11-7-18)22-14-15-23(24(26)17-22)21-12-8-19(9-13-21)5-3-4-16-25(27,28)29/h4,6-17H,2-3,5H2,1H3/b16-4+.